The molecule has 0 heterocycles. The van der Waals surface area contributed by atoms with Gasteiger partial charge in [0.05, 0.1) is 0 Å². The van der Waals surface area contributed by atoms with Crippen molar-refractivity contribution in [2.75, 3.05) is 0 Å². The molecule has 1 aliphatic rings. The predicted octanol–water partition coefficient (Wildman–Crippen LogP) is 7.41. The van der Waals surface area contributed by atoms with E-state index < -0.39 is 25.9 Å². The fourth-order valence-electron chi connectivity index (χ4n) is 6.00. The molecule has 0 radical (unpaired) electrons. The second kappa shape index (κ2) is 9.01. The number of hydrogen-bond donors (Lipinski definition) is 0. The van der Waals surface area contributed by atoms with E-state index >= 15 is 0 Å². The first-order chi connectivity index (χ1) is 14.5. The van der Waals surface area contributed by atoms with Crippen LogP contribution in [0.2, 0.25) is 22.0 Å². The number of benzene rings is 2. The summed E-state index contributed by atoms with van der Waals surface area (Å²) in [5, 5.41) is 8.47. The van der Waals surface area contributed by atoms with E-state index in [4.69, 9.17) is 0 Å². The number of aryl methyl sites for hydroxylation is 3. The minimum absolute atomic E-state index is 0.145. The monoisotopic (exact) mass is 465 g/mol. The summed E-state index contributed by atoms with van der Waals surface area (Å²) in [5.41, 5.74) is 9.12. The molecule has 0 N–H and O–H groups in total. The first kappa shape index (κ1) is 24.5. The zero-order valence-corrected chi connectivity index (χ0v) is 24.0. The molecular formula is C29H41SiTi. The fraction of sp³-hybridized carbons (Fsp3) is 0.448. The Morgan fingerprint density at radius 1 is 0.774 bits per heavy atom. The van der Waals surface area contributed by atoms with Crippen molar-refractivity contribution in [1.29, 1.82) is 0 Å². The molecule has 0 saturated carbocycles. The molecule has 2 atom stereocenters. The molecule has 2 unspecified atom stereocenters. The van der Waals surface area contributed by atoms with Crippen molar-refractivity contribution in [2.45, 2.75) is 83.3 Å². The molecule has 0 bridgehead atoms. The van der Waals surface area contributed by atoms with Gasteiger partial charge in [-0.3, -0.25) is 0 Å². The first-order valence-corrected chi connectivity index (χ1v) is 18.3. The van der Waals surface area contributed by atoms with Crippen molar-refractivity contribution in [3.63, 3.8) is 0 Å². The second-order valence-electron chi connectivity index (χ2n) is 10.1. The van der Waals surface area contributed by atoms with Gasteiger partial charge in [-0.25, -0.2) is 0 Å². The van der Waals surface area contributed by atoms with Gasteiger partial charge in [0.25, 0.3) is 0 Å². The van der Waals surface area contributed by atoms with Crippen molar-refractivity contribution >= 4 is 18.4 Å². The Kier molecular flexibility index (Phi) is 7.12. The molecule has 2 aromatic rings. The predicted molar refractivity (Wildman–Crippen MR) is 138 cm³/mol. The summed E-state index contributed by atoms with van der Waals surface area (Å²) in [6.45, 7) is 19.3. The topological polar surface area (TPSA) is 0 Å². The third-order valence-electron chi connectivity index (χ3n) is 8.33. The Morgan fingerprint density at radius 2 is 1.29 bits per heavy atom. The minimum atomic E-state index is -2.16. The van der Waals surface area contributed by atoms with E-state index in [9.17, 15) is 0 Å². The Balaban J connectivity index is 2.45. The van der Waals surface area contributed by atoms with Crippen molar-refractivity contribution in [3.05, 3.63) is 79.8 Å². The Bertz CT molecular complexity index is 1020. The van der Waals surface area contributed by atoms with E-state index in [1.807, 2.05) is 3.88 Å². The quantitative estimate of drug-likeness (QED) is 0.390. The zero-order chi connectivity index (χ0) is 23.1. The third-order valence-corrected chi connectivity index (χ3v) is 17.2. The standard InChI is InChI=1S/C27H35Si.2CH3.Ti/c1-9-23-15-24(10-2)17-26(16-23)28(8,25-13-11-19(3)12-14-25)27(7)18-20(4)21(5)22(27)6;;;/h11-17H,9-10H2,1-8H3;2*1H3;. The van der Waals surface area contributed by atoms with E-state index in [2.05, 4.69) is 108 Å². The Hall–Kier alpha value is -1.15. The van der Waals surface area contributed by atoms with Gasteiger partial charge in [-0.05, 0) is 0 Å². The van der Waals surface area contributed by atoms with E-state index in [0.717, 1.165) is 12.8 Å². The van der Waals surface area contributed by atoms with Gasteiger partial charge in [-0.15, -0.1) is 0 Å². The molecule has 2 heteroatoms. The van der Waals surface area contributed by atoms with Crippen LogP contribution in [0.4, 0.5) is 0 Å². The van der Waals surface area contributed by atoms with E-state index in [-0.39, 0.29) is 5.04 Å². The summed E-state index contributed by atoms with van der Waals surface area (Å²) in [4.78, 5) is 0. The molecule has 0 aliphatic heterocycles. The van der Waals surface area contributed by atoms with Crippen LogP contribution in [0.25, 0.3) is 0 Å². The molecule has 2 aromatic carbocycles. The molecule has 0 spiro atoms. The van der Waals surface area contributed by atoms with Gasteiger partial charge >= 0.3 is 199 Å². The molecule has 0 nitrogen and oxygen atoms in total. The van der Waals surface area contributed by atoms with Crippen LogP contribution in [0.3, 0.4) is 0 Å². The summed E-state index contributed by atoms with van der Waals surface area (Å²) in [5.74, 6) is 0. The molecule has 3 rings (SSSR count). The second-order valence-corrected chi connectivity index (χ2v) is 18.4. The van der Waals surface area contributed by atoms with Gasteiger partial charge in [-0.2, -0.15) is 0 Å². The summed E-state index contributed by atoms with van der Waals surface area (Å²) >= 11 is -1.31. The average molecular weight is 466 g/mol. The number of rotatable bonds is 6. The fourth-order valence-corrected chi connectivity index (χ4v) is 16.4. The molecule has 165 valence electrons. The Labute approximate surface area is 198 Å². The van der Waals surface area contributed by atoms with Crippen LogP contribution in [-0.2, 0) is 30.7 Å². The van der Waals surface area contributed by atoms with Crippen molar-refractivity contribution in [1.82, 2.24) is 0 Å². The third kappa shape index (κ3) is 3.81. The average Bonchev–Trinajstić information content (AvgIpc) is 2.94. The van der Waals surface area contributed by atoms with Gasteiger partial charge in [0.2, 0.25) is 0 Å². The van der Waals surface area contributed by atoms with Crippen LogP contribution in [-0.4, -0.2) is 8.07 Å². The van der Waals surface area contributed by atoms with Gasteiger partial charge in [-0.1, -0.05) is 0 Å². The van der Waals surface area contributed by atoms with Crippen LogP contribution < -0.4 is 10.4 Å². The van der Waals surface area contributed by atoms with Crippen molar-refractivity contribution < 1.29 is 17.9 Å². The summed E-state index contributed by atoms with van der Waals surface area (Å²) in [7, 11) is -2.16. The summed E-state index contributed by atoms with van der Waals surface area (Å²) in [6, 6.07) is 17.1. The molecule has 0 aromatic heterocycles. The van der Waals surface area contributed by atoms with Crippen LogP contribution in [0.5, 0.6) is 0 Å². The van der Waals surface area contributed by atoms with Gasteiger partial charge in [0.1, 0.15) is 0 Å². The molecule has 1 aliphatic carbocycles. The number of hydrogen-bond acceptors (Lipinski definition) is 0. The first-order valence-electron chi connectivity index (χ1n) is 11.9. The van der Waals surface area contributed by atoms with E-state index in [1.54, 1.807) is 27.1 Å². The number of allylic oxidation sites excluding steroid dienone is 4. The van der Waals surface area contributed by atoms with Crippen molar-refractivity contribution in [3.8, 4) is 0 Å². The molecule has 0 amide bonds. The Morgan fingerprint density at radius 3 is 1.74 bits per heavy atom. The van der Waals surface area contributed by atoms with Crippen LogP contribution in [0.15, 0.2) is 63.1 Å². The SMILES string of the molecule is CCc1cc(CC)cc([Si](C)(c2ccc(C)cc2)C2(C)C(C)=C(C)C(C)=[C]2[Ti]([CH3])[CH3])c1. The van der Waals surface area contributed by atoms with Crippen molar-refractivity contribution in [2.24, 2.45) is 0 Å². The molecule has 0 fully saturated rings. The zero-order valence-electron chi connectivity index (χ0n) is 21.5. The van der Waals surface area contributed by atoms with Crippen LogP contribution in [0.1, 0.15) is 58.2 Å². The normalized spacial score (nSPS) is 21.0. The molecule has 31 heavy (non-hydrogen) atoms. The van der Waals surface area contributed by atoms with Crippen LogP contribution >= 0.6 is 0 Å². The van der Waals surface area contributed by atoms with Gasteiger partial charge in [0.15, 0.2) is 0 Å². The molecule has 0 saturated heterocycles. The van der Waals surface area contributed by atoms with Gasteiger partial charge in [0, 0.05) is 0 Å². The van der Waals surface area contributed by atoms with Crippen LogP contribution in [0, 0.1) is 6.92 Å². The maximum absolute atomic E-state index is 2.67. The van der Waals surface area contributed by atoms with E-state index in [1.165, 1.54) is 16.7 Å². The molecular weight excluding hydrogens is 424 g/mol. The van der Waals surface area contributed by atoms with E-state index in [0.29, 0.717) is 0 Å². The maximum atomic E-state index is 2.67. The van der Waals surface area contributed by atoms with Gasteiger partial charge < -0.3 is 0 Å². The summed E-state index contributed by atoms with van der Waals surface area (Å²) in [6.07, 6.45) is 2.21. The summed E-state index contributed by atoms with van der Waals surface area (Å²) < 4.78 is 1.83.